The van der Waals surface area contributed by atoms with Crippen LogP contribution in [0.1, 0.15) is 28.9 Å². The Morgan fingerprint density at radius 1 is 1.13 bits per heavy atom. The molecule has 118 valence electrons. The second kappa shape index (κ2) is 6.54. The predicted molar refractivity (Wildman–Crippen MR) is 92.2 cm³/mol. The number of fused-ring (bicyclic) bond motifs is 1. The van der Waals surface area contributed by atoms with Crippen LogP contribution in [0.5, 0.6) is 0 Å². The lowest BCUT2D eigenvalue weighted by molar-refractivity contribution is 0.0973. The zero-order valence-electron chi connectivity index (χ0n) is 12.6. The zero-order valence-corrected chi connectivity index (χ0v) is 14.2. The van der Waals surface area contributed by atoms with E-state index < -0.39 is 17.0 Å². The summed E-state index contributed by atoms with van der Waals surface area (Å²) >= 11 is 3.49. The number of carbonyl (C=O) groups is 2. The van der Waals surface area contributed by atoms with Crippen LogP contribution in [0.2, 0.25) is 0 Å². The molecule has 1 aliphatic heterocycles. The van der Waals surface area contributed by atoms with Gasteiger partial charge < -0.3 is 4.74 Å². The van der Waals surface area contributed by atoms with Crippen molar-refractivity contribution in [1.82, 2.24) is 0 Å². The first-order valence-corrected chi connectivity index (χ1v) is 8.35. The van der Waals surface area contributed by atoms with E-state index in [1.165, 1.54) is 0 Å². The summed E-state index contributed by atoms with van der Waals surface area (Å²) in [5.41, 5.74) is 1.99. The molecule has 0 N–H and O–H groups in total. The second-order valence-corrected chi connectivity index (χ2v) is 6.19. The Labute approximate surface area is 143 Å². The number of hydrogen-bond acceptors (Lipinski definition) is 3. The molecule has 0 fully saturated rings. The van der Waals surface area contributed by atoms with Crippen molar-refractivity contribution < 1.29 is 14.3 Å². The first kappa shape index (κ1) is 15.7. The van der Waals surface area contributed by atoms with Gasteiger partial charge in [0.1, 0.15) is 4.83 Å². The molecule has 4 nitrogen and oxygen atoms in total. The van der Waals surface area contributed by atoms with Crippen molar-refractivity contribution in [1.29, 1.82) is 0 Å². The first-order valence-electron chi connectivity index (χ1n) is 7.43. The van der Waals surface area contributed by atoms with Crippen LogP contribution >= 0.6 is 15.9 Å². The molecule has 3 rings (SSSR count). The third-order valence-electron chi connectivity index (χ3n) is 3.84. The highest BCUT2D eigenvalue weighted by atomic mass is 79.9. The minimum Gasteiger partial charge on any atom is -0.449 e. The summed E-state index contributed by atoms with van der Waals surface area (Å²) in [5.74, 6) is -0.0324. The number of rotatable bonds is 2. The molecule has 1 heterocycles. The van der Waals surface area contributed by atoms with Gasteiger partial charge in [0.05, 0.1) is 18.3 Å². The van der Waals surface area contributed by atoms with E-state index in [-0.39, 0.29) is 12.4 Å². The van der Waals surface area contributed by atoms with Crippen LogP contribution in [-0.2, 0) is 4.74 Å². The van der Waals surface area contributed by atoms with E-state index in [1.54, 1.807) is 30.0 Å². The number of hydrogen-bond donors (Lipinski definition) is 0. The first-order chi connectivity index (χ1) is 11.1. The molecule has 0 saturated heterocycles. The summed E-state index contributed by atoms with van der Waals surface area (Å²) < 4.78 is 5.23. The van der Waals surface area contributed by atoms with E-state index in [0.29, 0.717) is 11.3 Å². The van der Waals surface area contributed by atoms with Crippen LogP contribution in [0.4, 0.5) is 10.5 Å². The van der Waals surface area contributed by atoms with Gasteiger partial charge in [-0.25, -0.2) is 4.79 Å². The van der Waals surface area contributed by atoms with Gasteiger partial charge in [0.2, 0.25) is 0 Å². The molecule has 5 heteroatoms. The molecule has 0 aromatic heterocycles. The fourth-order valence-corrected chi connectivity index (χ4v) is 3.63. The van der Waals surface area contributed by atoms with E-state index in [2.05, 4.69) is 15.9 Å². The molecule has 1 aliphatic rings. The Morgan fingerprint density at radius 3 is 2.48 bits per heavy atom. The molecule has 23 heavy (non-hydrogen) atoms. The fourth-order valence-electron chi connectivity index (χ4n) is 2.84. The van der Waals surface area contributed by atoms with Crippen LogP contribution in [-0.4, -0.2) is 23.3 Å². The van der Waals surface area contributed by atoms with Crippen molar-refractivity contribution in [3.8, 4) is 0 Å². The summed E-state index contributed by atoms with van der Waals surface area (Å²) in [6, 6.07) is 16.2. The monoisotopic (exact) mass is 373 g/mol. The largest absolute Gasteiger partial charge is 0.449 e. The molecule has 0 unspecified atom stereocenters. The van der Waals surface area contributed by atoms with Gasteiger partial charge in [0.25, 0.3) is 0 Å². The summed E-state index contributed by atoms with van der Waals surface area (Å²) in [4.78, 5) is 26.3. The number of Topliss-reactive ketones (excluding diaryl/α,β-unsaturated/α-hetero) is 1. The maximum absolute atomic E-state index is 12.7. The van der Waals surface area contributed by atoms with Gasteiger partial charge in [-0.15, -0.1) is 0 Å². The normalized spacial score (nSPS) is 20.1. The van der Waals surface area contributed by atoms with Gasteiger partial charge in [-0.1, -0.05) is 58.4 Å². The number of alkyl halides is 1. The average molecular weight is 374 g/mol. The molecular formula is C18H16BrNO3. The van der Waals surface area contributed by atoms with Gasteiger partial charge >= 0.3 is 6.09 Å². The summed E-state index contributed by atoms with van der Waals surface area (Å²) in [5, 5.41) is 0. The third kappa shape index (κ3) is 2.77. The van der Waals surface area contributed by atoms with Gasteiger partial charge in [0.15, 0.2) is 5.78 Å². The van der Waals surface area contributed by atoms with Crippen molar-refractivity contribution in [2.75, 3.05) is 11.5 Å². The lowest BCUT2D eigenvalue weighted by atomic mass is 9.90. The molecule has 1 amide bonds. The Morgan fingerprint density at radius 2 is 1.78 bits per heavy atom. The smallest absolute Gasteiger partial charge is 0.414 e. The topological polar surface area (TPSA) is 46.6 Å². The van der Waals surface area contributed by atoms with Crippen molar-refractivity contribution >= 4 is 33.5 Å². The number of carbonyl (C=O) groups excluding carboxylic acids is 2. The number of nitrogens with zero attached hydrogens (tertiary/aromatic N) is 1. The van der Waals surface area contributed by atoms with Gasteiger partial charge in [0, 0.05) is 5.56 Å². The SMILES string of the molecule is CCOC(=O)N1c2ccccc2C(=O)[C@H](Br)[C@H]1c1ccccc1. The highest BCUT2D eigenvalue weighted by Crippen LogP contribution is 2.42. The number of benzene rings is 2. The molecular weight excluding hydrogens is 358 g/mol. The Balaban J connectivity index is 2.16. The predicted octanol–water partition coefficient (Wildman–Crippen LogP) is 4.35. The number of para-hydroxylation sites is 1. The molecule has 0 saturated carbocycles. The lowest BCUT2D eigenvalue weighted by Gasteiger charge is -2.38. The number of halogens is 1. The molecule has 2 aromatic carbocycles. The van der Waals surface area contributed by atoms with Gasteiger partial charge in [-0.2, -0.15) is 0 Å². The van der Waals surface area contributed by atoms with Crippen LogP contribution in [0.15, 0.2) is 54.6 Å². The number of ether oxygens (including phenoxy) is 1. The fraction of sp³-hybridized carbons (Fsp3) is 0.222. The van der Waals surface area contributed by atoms with Crippen LogP contribution in [0.25, 0.3) is 0 Å². The van der Waals surface area contributed by atoms with Crippen LogP contribution < -0.4 is 4.90 Å². The minimum absolute atomic E-state index is 0.0324. The molecule has 0 bridgehead atoms. The third-order valence-corrected chi connectivity index (χ3v) is 4.76. The number of amides is 1. The van der Waals surface area contributed by atoms with Crippen molar-refractivity contribution in [2.24, 2.45) is 0 Å². The van der Waals surface area contributed by atoms with E-state index >= 15 is 0 Å². The Kier molecular flexibility index (Phi) is 4.48. The van der Waals surface area contributed by atoms with E-state index in [4.69, 9.17) is 4.74 Å². The second-order valence-electron chi connectivity index (χ2n) is 5.21. The standard InChI is InChI=1S/C18H16BrNO3/c1-2-23-18(22)20-14-11-7-6-10-13(14)17(21)15(19)16(20)12-8-4-3-5-9-12/h3-11,15-16H,2H2,1H3/t15-,16-/m1/s1. The molecule has 0 aliphatic carbocycles. The molecule has 0 radical (unpaired) electrons. The van der Waals surface area contributed by atoms with E-state index in [9.17, 15) is 9.59 Å². The molecule has 2 aromatic rings. The molecule has 0 spiro atoms. The van der Waals surface area contributed by atoms with Crippen molar-refractivity contribution in [3.05, 3.63) is 65.7 Å². The zero-order chi connectivity index (χ0) is 16.4. The average Bonchev–Trinajstić information content (AvgIpc) is 2.58. The molecule has 2 atom stereocenters. The van der Waals surface area contributed by atoms with Gasteiger partial charge in [-0.3, -0.25) is 9.69 Å². The quantitative estimate of drug-likeness (QED) is 0.735. The summed E-state index contributed by atoms with van der Waals surface area (Å²) in [6.07, 6.45) is -0.453. The van der Waals surface area contributed by atoms with E-state index in [1.807, 2.05) is 36.4 Å². The highest BCUT2D eigenvalue weighted by Gasteiger charge is 2.43. The summed E-state index contributed by atoms with van der Waals surface area (Å²) in [7, 11) is 0. The maximum Gasteiger partial charge on any atom is 0.414 e. The van der Waals surface area contributed by atoms with Crippen LogP contribution in [0.3, 0.4) is 0 Å². The highest BCUT2D eigenvalue weighted by molar-refractivity contribution is 9.10. The van der Waals surface area contributed by atoms with Gasteiger partial charge in [-0.05, 0) is 24.6 Å². The summed E-state index contributed by atoms with van der Waals surface area (Å²) in [6.45, 7) is 2.04. The minimum atomic E-state index is -0.524. The Hall–Kier alpha value is -2.14. The van der Waals surface area contributed by atoms with E-state index in [0.717, 1.165) is 5.56 Å². The lowest BCUT2D eigenvalue weighted by Crippen LogP contribution is -2.46. The van der Waals surface area contributed by atoms with Crippen LogP contribution in [0, 0.1) is 0 Å². The van der Waals surface area contributed by atoms with Crippen molar-refractivity contribution in [3.63, 3.8) is 0 Å². The Bertz CT molecular complexity index is 732. The number of anilines is 1. The van der Waals surface area contributed by atoms with Crippen molar-refractivity contribution in [2.45, 2.75) is 17.8 Å². The maximum atomic E-state index is 12.7. The number of ketones is 1.